The van der Waals surface area contributed by atoms with Crippen LogP contribution in [0.1, 0.15) is 19.3 Å². The third-order valence-corrected chi connectivity index (χ3v) is 4.07. The third kappa shape index (κ3) is 4.23. The number of rotatable bonds is 7. The first-order valence-corrected chi connectivity index (χ1v) is 7.71. The number of unbranched alkanes of at least 4 members (excludes halogenated alkanes) is 2. The summed E-state index contributed by atoms with van der Waals surface area (Å²) in [4.78, 5) is 0.218. The number of nitrogens with one attached hydrogen (secondary N) is 1. The molecular weight excluding hydrogens is 294 g/mol. The molecule has 0 bridgehead atoms. The molecule has 0 amide bonds. The largest absolute Gasteiger partial charge is 0.274 e. The topological polar surface area (TPSA) is 64.0 Å². The Labute approximate surface area is 104 Å². The van der Waals surface area contributed by atoms with Gasteiger partial charge in [-0.05, 0) is 12.8 Å². The number of hydrogen-bond donors (Lipinski definition) is 1. The summed E-state index contributed by atoms with van der Waals surface area (Å²) in [6.07, 6.45) is 5.77. The fourth-order valence-electron chi connectivity index (χ4n) is 1.22. The van der Waals surface area contributed by atoms with E-state index in [0.29, 0.717) is 6.54 Å². The number of alkyl halides is 1. The van der Waals surface area contributed by atoms with Crippen LogP contribution in [0.5, 0.6) is 0 Å². The Hall–Kier alpha value is -0.400. The van der Waals surface area contributed by atoms with Crippen molar-refractivity contribution < 1.29 is 8.42 Å². The van der Waals surface area contributed by atoms with Crippen LogP contribution in [0, 0.1) is 0 Å². The van der Waals surface area contributed by atoms with Crippen molar-refractivity contribution in [2.45, 2.75) is 24.2 Å². The molecule has 1 aromatic heterocycles. The molecule has 0 aliphatic carbocycles. The van der Waals surface area contributed by atoms with E-state index in [1.807, 2.05) is 0 Å². The van der Waals surface area contributed by atoms with Crippen molar-refractivity contribution in [1.82, 2.24) is 14.5 Å². The van der Waals surface area contributed by atoms with E-state index in [0.717, 1.165) is 24.6 Å². The minimum atomic E-state index is -3.37. The molecule has 92 valence electrons. The lowest BCUT2D eigenvalue weighted by Gasteiger charge is -2.03. The molecule has 0 saturated heterocycles. The predicted molar refractivity (Wildman–Crippen MR) is 66.0 cm³/mol. The van der Waals surface area contributed by atoms with Gasteiger partial charge in [0.05, 0.1) is 6.20 Å². The van der Waals surface area contributed by atoms with Crippen molar-refractivity contribution in [3.63, 3.8) is 0 Å². The first kappa shape index (κ1) is 13.7. The van der Waals surface area contributed by atoms with Crippen molar-refractivity contribution in [2.24, 2.45) is 7.05 Å². The predicted octanol–water partition coefficient (Wildman–Crippen LogP) is 1.26. The van der Waals surface area contributed by atoms with Gasteiger partial charge in [0.1, 0.15) is 4.90 Å². The van der Waals surface area contributed by atoms with Crippen LogP contribution in [-0.4, -0.2) is 30.1 Å². The Kier molecular flexibility index (Phi) is 5.43. The van der Waals surface area contributed by atoms with Crippen LogP contribution in [0.4, 0.5) is 0 Å². The minimum absolute atomic E-state index is 0.218. The molecule has 0 fully saturated rings. The summed E-state index contributed by atoms with van der Waals surface area (Å²) in [5, 5.41) is 4.79. The lowest BCUT2D eigenvalue weighted by molar-refractivity contribution is 0.576. The summed E-state index contributed by atoms with van der Waals surface area (Å²) < 4.78 is 27.4. The molecule has 0 saturated carbocycles. The van der Waals surface area contributed by atoms with E-state index < -0.39 is 10.0 Å². The highest BCUT2D eigenvalue weighted by atomic mass is 79.9. The number of aromatic nitrogens is 2. The van der Waals surface area contributed by atoms with Gasteiger partial charge >= 0.3 is 0 Å². The van der Waals surface area contributed by atoms with E-state index in [-0.39, 0.29) is 4.90 Å². The normalized spacial score (nSPS) is 11.9. The highest BCUT2D eigenvalue weighted by Gasteiger charge is 2.14. The lowest BCUT2D eigenvalue weighted by Crippen LogP contribution is -2.24. The number of hydrogen-bond acceptors (Lipinski definition) is 3. The van der Waals surface area contributed by atoms with E-state index in [4.69, 9.17) is 0 Å². The summed E-state index contributed by atoms with van der Waals surface area (Å²) in [7, 11) is -1.68. The Morgan fingerprint density at radius 2 is 2.19 bits per heavy atom. The van der Waals surface area contributed by atoms with Gasteiger partial charge in [0, 0.05) is 25.1 Å². The van der Waals surface area contributed by atoms with Crippen molar-refractivity contribution >= 4 is 26.0 Å². The Morgan fingerprint density at radius 3 is 2.75 bits per heavy atom. The summed E-state index contributed by atoms with van der Waals surface area (Å²) in [5.74, 6) is 0. The molecule has 7 heteroatoms. The molecule has 16 heavy (non-hydrogen) atoms. The van der Waals surface area contributed by atoms with Gasteiger partial charge < -0.3 is 0 Å². The molecule has 0 unspecified atom stereocenters. The van der Waals surface area contributed by atoms with Gasteiger partial charge in [-0.3, -0.25) is 4.68 Å². The number of aryl methyl sites for hydroxylation is 1. The molecule has 1 N–H and O–H groups in total. The average molecular weight is 310 g/mol. The second-order valence-corrected chi connectivity index (χ2v) is 6.06. The second-order valence-electron chi connectivity index (χ2n) is 3.50. The zero-order chi connectivity index (χ0) is 12.0. The molecule has 0 aromatic carbocycles. The van der Waals surface area contributed by atoms with Crippen LogP contribution in [0.3, 0.4) is 0 Å². The maximum Gasteiger partial charge on any atom is 0.243 e. The fraction of sp³-hybridized carbons (Fsp3) is 0.667. The van der Waals surface area contributed by atoms with Gasteiger partial charge in [-0.2, -0.15) is 5.10 Å². The van der Waals surface area contributed by atoms with Crippen LogP contribution in [0.15, 0.2) is 17.3 Å². The van der Waals surface area contributed by atoms with Gasteiger partial charge in [-0.15, -0.1) is 0 Å². The van der Waals surface area contributed by atoms with Gasteiger partial charge in [-0.1, -0.05) is 22.4 Å². The van der Waals surface area contributed by atoms with Crippen LogP contribution in [-0.2, 0) is 17.1 Å². The zero-order valence-electron chi connectivity index (χ0n) is 9.19. The highest BCUT2D eigenvalue weighted by Crippen LogP contribution is 2.06. The van der Waals surface area contributed by atoms with E-state index in [9.17, 15) is 8.42 Å². The molecular formula is C9H16BrN3O2S. The zero-order valence-corrected chi connectivity index (χ0v) is 11.6. The van der Waals surface area contributed by atoms with E-state index in [2.05, 4.69) is 25.8 Å². The van der Waals surface area contributed by atoms with Crippen LogP contribution in [0.25, 0.3) is 0 Å². The molecule has 0 spiro atoms. The maximum atomic E-state index is 11.7. The quantitative estimate of drug-likeness (QED) is 0.609. The number of halogens is 1. The van der Waals surface area contributed by atoms with Crippen molar-refractivity contribution in [3.05, 3.63) is 12.4 Å². The van der Waals surface area contributed by atoms with Crippen molar-refractivity contribution in [2.75, 3.05) is 11.9 Å². The molecule has 1 aromatic rings. The molecule has 1 heterocycles. The van der Waals surface area contributed by atoms with Gasteiger partial charge in [0.25, 0.3) is 0 Å². The Balaban J connectivity index is 2.41. The average Bonchev–Trinajstić information content (AvgIpc) is 2.65. The fourth-order valence-corrected chi connectivity index (χ4v) is 2.68. The van der Waals surface area contributed by atoms with Crippen LogP contribution >= 0.6 is 15.9 Å². The van der Waals surface area contributed by atoms with Crippen LogP contribution < -0.4 is 4.72 Å². The lowest BCUT2D eigenvalue weighted by atomic mass is 10.3. The second kappa shape index (κ2) is 6.36. The summed E-state index contributed by atoms with van der Waals surface area (Å²) in [6, 6.07) is 0. The number of sulfonamides is 1. The summed E-state index contributed by atoms with van der Waals surface area (Å²) >= 11 is 3.33. The van der Waals surface area contributed by atoms with Gasteiger partial charge in [0.15, 0.2) is 0 Å². The third-order valence-electron chi connectivity index (χ3n) is 2.09. The first-order chi connectivity index (χ1) is 7.56. The number of nitrogens with zero attached hydrogens (tertiary/aromatic N) is 2. The molecule has 0 aliphatic rings. The standard InChI is InChI=1S/C9H16BrN3O2S/c1-13-8-9(7-11-13)16(14,15)12-6-4-2-3-5-10/h7-8,12H,2-6H2,1H3. The SMILES string of the molecule is Cn1cc(S(=O)(=O)NCCCCCBr)cn1. The monoisotopic (exact) mass is 309 g/mol. The van der Waals surface area contributed by atoms with Crippen LogP contribution in [0.2, 0.25) is 0 Å². The Morgan fingerprint density at radius 1 is 1.44 bits per heavy atom. The summed E-state index contributed by atoms with van der Waals surface area (Å²) in [6.45, 7) is 0.476. The minimum Gasteiger partial charge on any atom is -0.274 e. The highest BCUT2D eigenvalue weighted by molar-refractivity contribution is 9.09. The molecule has 1 rings (SSSR count). The van der Waals surface area contributed by atoms with E-state index in [1.54, 1.807) is 7.05 Å². The molecule has 0 radical (unpaired) electrons. The van der Waals surface area contributed by atoms with Gasteiger partial charge in [0.2, 0.25) is 10.0 Å². The van der Waals surface area contributed by atoms with E-state index >= 15 is 0 Å². The van der Waals surface area contributed by atoms with Crippen molar-refractivity contribution in [1.29, 1.82) is 0 Å². The van der Waals surface area contributed by atoms with E-state index in [1.165, 1.54) is 17.1 Å². The molecule has 5 nitrogen and oxygen atoms in total. The molecule has 0 aliphatic heterocycles. The van der Waals surface area contributed by atoms with Gasteiger partial charge in [-0.25, -0.2) is 13.1 Å². The molecule has 0 atom stereocenters. The Bertz CT molecular complexity index is 416. The summed E-state index contributed by atoms with van der Waals surface area (Å²) in [5.41, 5.74) is 0. The first-order valence-electron chi connectivity index (χ1n) is 5.10. The van der Waals surface area contributed by atoms with Crippen molar-refractivity contribution in [3.8, 4) is 0 Å². The smallest absolute Gasteiger partial charge is 0.243 e. The maximum absolute atomic E-state index is 11.7.